The summed E-state index contributed by atoms with van der Waals surface area (Å²) in [6.45, 7) is -2.96. The van der Waals surface area contributed by atoms with Crippen molar-refractivity contribution in [1.29, 1.82) is 0 Å². The predicted molar refractivity (Wildman–Crippen MR) is 82.8 cm³/mol. The fourth-order valence-corrected chi connectivity index (χ4v) is 3.18. The normalized spacial score (nSPS) is 11.8. The van der Waals surface area contributed by atoms with Gasteiger partial charge in [-0.1, -0.05) is 0 Å². The molecule has 0 saturated carbocycles. The summed E-state index contributed by atoms with van der Waals surface area (Å²) in [6.07, 6.45) is 0. The summed E-state index contributed by atoms with van der Waals surface area (Å²) in [6, 6.07) is 9.14. The zero-order valence-electron chi connectivity index (χ0n) is 11.9. The molecule has 3 aromatic rings. The maximum Gasteiger partial charge on any atom is 0.387 e. The van der Waals surface area contributed by atoms with Crippen molar-refractivity contribution in [1.82, 2.24) is 9.97 Å². The van der Waals surface area contributed by atoms with Gasteiger partial charge in [-0.25, -0.2) is 13.2 Å². The Labute approximate surface area is 134 Å². The van der Waals surface area contributed by atoms with Crippen LogP contribution in [0.5, 0.6) is 5.75 Å². The maximum atomic E-state index is 12.4. The van der Waals surface area contributed by atoms with Crippen molar-refractivity contribution >= 4 is 26.7 Å². The van der Waals surface area contributed by atoms with Gasteiger partial charge in [-0.15, -0.1) is 0 Å². The fourth-order valence-electron chi connectivity index (χ4n) is 2.10. The zero-order chi connectivity index (χ0) is 17.3. The van der Waals surface area contributed by atoms with Crippen molar-refractivity contribution in [2.45, 2.75) is 11.5 Å². The molecule has 0 spiro atoms. The van der Waals surface area contributed by atoms with Crippen molar-refractivity contribution in [3.05, 3.63) is 52.9 Å². The third-order valence-corrected chi connectivity index (χ3v) is 4.51. The smallest absolute Gasteiger partial charge is 0.387 e. The molecule has 0 unspecified atom stereocenters. The Hall–Kier alpha value is -2.88. The highest BCUT2D eigenvalue weighted by Gasteiger charge is 2.15. The Bertz CT molecular complexity index is 1030. The molecule has 126 valence electrons. The molecule has 3 N–H and O–H groups in total. The van der Waals surface area contributed by atoms with Crippen LogP contribution in [-0.2, 0) is 10.0 Å². The Morgan fingerprint density at radius 2 is 1.67 bits per heavy atom. The number of rotatable bonds is 5. The maximum absolute atomic E-state index is 12.4. The minimum atomic E-state index is -3.91. The number of aromatic nitrogens is 2. The van der Waals surface area contributed by atoms with Gasteiger partial charge >= 0.3 is 12.3 Å². The van der Waals surface area contributed by atoms with Gasteiger partial charge in [-0.2, -0.15) is 8.78 Å². The first-order valence-electron chi connectivity index (χ1n) is 6.63. The molecule has 0 atom stereocenters. The number of anilines is 1. The first-order chi connectivity index (χ1) is 11.3. The minimum absolute atomic E-state index is 0.0573. The van der Waals surface area contributed by atoms with Gasteiger partial charge in [0.2, 0.25) is 0 Å². The highest BCUT2D eigenvalue weighted by Crippen LogP contribution is 2.22. The van der Waals surface area contributed by atoms with Crippen LogP contribution in [0.1, 0.15) is 0 Å². The number of alkyl halides is 2. The summed E-state index contributed by atoms with van der Waals surface area (Å²) in [4.78, 5) is 16.1. The molecule has 10 heteroatoms. The Morgan fingerprint density at radius 1 is 1.00 bits per heavy atom. The lowest BCUT2D eigenvalue weighted by molar-refractivity contribution is -0.0498. The van der Waals surface area contributed by atoms with Crippen LogP contribution in [0.3, 0.4) is 0 Å². The number of H-pyrrole nitrogens is 2. The van der Waals surface area contributed by atoms with Crippen LogP contribution in [0.4, 0.5) is 14.5 Å². The van der Waals surface area contributed by atoms with Gasteiger partial charge in [0, 0.05) is 5.69 Å². The topological polar surface area (TPSA) is 104 Å². The molecule has 0 radical (unpaired) electrons. The van der Waals surface area contributed by atoms with Crippen LogP contribution in [0.2, 0.25) is 0 Å². The zero-order valence-corrected chi connectivity index (χ0v) is 12.7. The number of imidazole rings is 1. The summed E-state index contributed by atoms with van der Waals surface area (Å²) in [5, 5.41) is 0. The van der Waals surface area contributed by atoms with E-state index in [1.807, 2.05) is 0 Å². The number of hydrogen-bond acceptors (Lipinski definition) is 4. The summed E-state index contributed by atoms with van der Waals surface area (Å²) in [5.41, 5.74) is 0.567. The van der Waals surface area contributed by atoms with Crippen LogP contribution in [0.15, 0.2) is 52.2 Å². The number of sulfonamides is 1. The van der Waals surface area contributed by atoms with E-state index >= 15 is 0 Å². The number of halogens is 2. The number of fused-ring (bicyclic) bond motifs is 1. The molecule has 7 nitrogen and oxygen atoms in total. The Morgan fingerprint density at radius 3 is 2.33 bits per heavy atom. The van der Waals surface area contributed by atoms with Gasteiger partial charge in [0.1, 0.15) is 5.75 Å². The Kier molecular flexibility index (Phi) is 3.97. The van der Waals surface area contributed by atoms with Gasteiger partial charge < -0.3 is 14.7 Å². The summed E-state index contributed by atoms with van der Waals surface area (Å²) in [7, 11) is -3.91. The van der Waals surface area contributed by atoms with Crippen molar-refractivity contribution in [3.63, 3.8) is 0 Å². The van der Waals surface area contributed by atoms with Crippen LogP contribution in [-0.4, -0.2) is 25.0 Å². The minimum Gasteiger partial charge on any atom is -0.435 e. The monoisotopic (exact) mass is 355 g/mol. The SMILES string of the molecule is O=c1[nH]c2ccc(S(=O)(=O)Nc3ccc(OC(F)F)cc3)cc2[nH]1. The van der Waals surface area contributed by atoms with Crippen LogP contribution >= 0.6 is 0 Å². The lowest BCUT2D eigenvalue weighted by Crippen LogP contribution is -2.13. The number of benzene rings is 2. The second kappa shape index (κ2) is 5.96. The predicted octanol–water partition coefficient (Wildman–Crippen LogP) is 2.26. The molecule has 1 aromatic heterocycles. The van der Waals surface area contributed by atoms with Crippen molar-refractivity contribution < 1.29 is 21.9 Å². The first kappa shape index (κ1) is 16.0. The first-order valence-corrected chi connectivity index (χ1v) is 8.11. The molecule has 0 aliphatic heterocycles. The average molecular weight is 355 g/mol. The molecule has 3 rings (SSSR count). The number of ether oxygens (including phenoxy) is 1. The number of nitrogens with one attached hydrogen (secondary N) is 3. The molecule has 2 aromatic carbocycles. The van der Waals surface area contributed by atoms with E-state index in [4.69, 9.17) is 0 Å². The summed E-state index contributed by atoms with van der Waals surface area (Å²) < 4.78 is 55.4. The second-order valence-corrected chi connectivity index (χ2v) is 6.48. The van der Waals surface area contributed by atoms with E-state index in [1.54, 1.807) is 0 Å². The summed E-state index contributed by atoms with van der Waals surface area (Å²) in [5.74, 6) is -0.0840. The summed E-state index contributed by atoms with van der Waals surface area (Å²) >= 11 is 0. The van der Waals surface area contributed by atoms with E-state index in [1.165, 1.54) is 42.5 Å². The van der Waals surface area contributed by atoms with Crippen molar-refractivity contribution in [2.24, 2.45) is 0 Å². The molecule has 0 aliphatic rings. The van der Waals surface area contributed by atoms with Crippen LogP contribution in [0.25, 0.3) is 11.0 Å². The van der Waals surface area contributed by atoms with Gasteiger partial charge in [0.25, 0.3) is 10.0 Å². The van der Waals surface area contributed by atoms with Gasteiger partial charge in [-0.05, 0) is 42.5 Å². The van der Waals surface area contributed by atoms with Crippen LogP contribution < -0.4 is 15.1 Å². The molecule has 0 saturated heterocycles. The molecule has 0 amide bonds. The van der Waals surface area contributed by atoms with Gasteiger partial charge in [0.15, 0.2) is 0 Å². The molecule has 0 aliphatic carbocycles. The third kappa shape index (κ3) is 3.38. The van der Waals surface area contributed by atoms with E-state index in [9.17, 15) is 22.0 Å². The average Bonchev–Trinajstić information content (AvgIpc) is 2.87. The largest absolute Gasteiger partial charge is 0.435 e. The molecule has 0 bridgehead atoms. The number of aromatic amines is 2. The Balaban J connectivity index is 1.85. The lowest BCUT2D eigenvalue weighted by Gasteiger charge is -2.09. The van der Waals surface area contributed by atoms with Gasteiger partial charge in [0.05, 0.1) is 15.9 Å². The fraction of sp³-hybridized carbons (Fsp3) is 0.0714. The van der Waals surface area contributed by atoms with E-state index < -0.39 is 22.3 Å². The highest BCUT2D eigenvalue weighted by atomic mass is 32.2. The number of hydrogen-bond donors (Lipinski definition) is 3. The van der Waals surface area contributed by atoms with Gasteiger partial charge in [-0.3, -0.25) is 4.72 Å². The van der Waals surface area contributed by atoms with E-state index in [0.29, 0.717) is 11.0 Å². The van der Waals surface area contributed by atoms with Crippen molar-refractivity contribution in [3.8, 4) is 5.75 Å². The molecular formula is C14H11F2N3O4S. The second-order valence-electron chi connectivity index (χ2n) is 4.79. The molecular weight excluding hydrogens is 344 g/mol. The third-order valence-electron chi connectivity index (χ3n) is 3.13. The molecule has 0 fully saturated rings. The molecule has 1 heterocycles. The quantitative estimate of drug-likeness (QED) is 0.653. The van der Waals surface area contributed by atoms with E-state index in [-0.39, 0.29) is 16.3 Å². The highest BCUT2D eigenvalue weighted by molar-refractivity contribution is 7.92. The lowest BCUT2D eigenvalue weighted by atomic mass is 10.3. The standard InChI is InChI=1S/C14H11F2N3O4S/c15-13(16)23-9-3-1-8(2-4-9)19-24(21,22)10-5-6-11-12(7-10)18-14(20)17-11/h1-7,13,19H,(H2,17,18,20). The van der Waals surface area contributed by atoms with E-state index in [0.717, 1.165) is 0 Å². The van der Waals surface area contributed by atoms with E-state index in [2.05, 4.69) is 19.4 Å². The molecule has 24 heavy (non-hydrogen) atoms. The van der Waals surface area contributed by atoms with Crippen LogP contribution in [0, 0.1) is 0 Å². The van der Waals surface area contributed by atoms with Crippen molar-refractivity contribution in [2.75, 3.05) is 4.72 Å².